The van der Waals surface area contributed by atoms with Gasteiger partial charge >= 0.3 is 0 Å². The third-order valence-electron chi connectivity index (χ3n) is 5.38. The summed E-state index contributed by atoms with van der Waals surface area (Å²) in [4.78, 5) is 13.1. The van der Waals surface area contributed by atoms with Gasteiger partial charge in [-0.1, -0.05) is 44.7 Å². The fourth-order valence-corrected chi connectivity index (χ4v) is 4.18. The Morgan fingerprint density at radius 3 is 2.66 bits per heavy atom. The molecule has 32 heavy (non-hydrogen) atoms. The molecule has 0 aliphatic heterocycles. The molecule has 1 amide bonds. The van der Waals surface area contributed by atoms with Crippen LogP contribution in [0, 0.1) is 5.92 Å². The molecule has 2 aromatic heterocycles. The monoisotopic (exact) mass is 456 g/mol. The fraction of sp³-hybridized carbons (Fsp3) is 0.458. The number of hydrogen-bond donors (Lipinski definition) is 1. The van der Waals surface area contributed by atoms with Crippen molar-refractivity contribution >= 4 is 17.7 Å². The molecule has 8 heteroatoms. The molecule has 7 nitrogen and oxygen atoms in total. The lowest BCUT2D eigenvalue weighted by molar-refractivity contribution is -0.122. The molecule has 0 bridgehead atoms. The Hall–Kier alpha value is -2.74. The third kappa shape index (κ3) is 5.73. The van der Waals surface area contributed by atoms with E-state index in [0.29, 0.717) is 17.5 Å². The van der Waals surface area contributed by atoms with Crippen LogP contribution in [0.2, 0.25) is 0 Å². The highest BCUT2D eigenvalue weighted by molar-refractivity contribution is 8.00. The lowest BCUT2D eigenvalue weighted by Crippen LogP contribution is -2.47. The van der Waals surface area contributed by atoms with Gasteiger partial charge in [-0.3, -0.25) is 9.36 Å². The average Bonchev–Trinajstić information content (AvgIpc) is 3.42. The molecule has 0 aliphatic carbocycles. The molecule has 3 rings (SSSR count). The van der Waals surface area contributed by atoms with Crippen molar-refractivity contribution in [2.45, 2.75) is 63.5 Å². The summed E-state index contributed by atoms with van der Waals surface area (Å²) in [6.07, 6.45) is 2.50. The summed E-state index contributed by atoms with van der Waals surface area (Å²) in [5.74, 6) is 2.34. The Morgan fingerprint density at radius 1 is 1.25 bits per heavy atom. The van der Waals surface area contributed by atoms with Crippen molar-refractivity contribution in [1.82, 2.24) is 20.1 Å². The number of ether oxygens (including phenoxy) is 1. The maximum absolute atomic E-state index is 13.1. The van der Waals surface area contributed by atoms with Gasteiger partial charge in [-0.15, -0.1) is 10.2 Å². The Balaban J connectivity index is 1.97. The molecule has 0 radical (unpaired) electrons. The summed E-state index contributed by atoms with van der Waals surface area (Å²) in [6.45, 7) is 10.7. The van der Waals surface area contributed by atoms with Crippen LogP contribution in [-0.2, 0) is 11.3 Å². The number of benzene rings is 1. The highest BCUT2D eigenvalue weighted by Gasteiger charge is 2.30. The predicted octanol–water partition coefficient (Wildman–Crippen LogP) is 5.02. The number of amides is 1. The van der Waals surface area contributed by atoms with Gasteiger partial charge in [0.05, 0.1) is 25.2 Å². The van der Waals surface area contributed by atoms with E-state index in [2.05, 4.69) is 22.4 Å². The first-order valence-corrected chi connectivity index (χ1v) is 11.7. The normalized spacial score (nSPS) is 12.7. The second-order valence-electron chi connectivity index (χ2n) is 8.71. The van der Waals surface area contributed by atoms with Gasteiger partial charge in [0.2, 0.25) is 5.91 Å². The molecule has 0 saturated heterocycles. The standard InChI is InChI=1S/C24H32N4O3S/c1-7-24(4,5)25-22(29)20(16(2)3)32-23-27-26-21(17-10-8-11-18(14-17)30-6)28(23)15-19-12-9-13-31-19/h8-14,16,20H,7,15H2,1-6H3,(H,25,29). The van der Waals surface area contributed by atoms with E-state index in [4.69, 9.17) is 9.15 Å². The lowest BCUT2D eigenvalue weighted by atomic mass is 10.0. The molecule has 0 spiro atoms. The van der Waals surface area contributed by atoms with Crippen molar-refractivity contribution < 1.29 is 13.9 Å². The van der Waals surface area contributed by atoms with Gasteiger partial charge in [0.25, 0.3) is 0 Å². The molecular formula is C24H32N4O3S. The molecule has 1 unspecified atom stereocenters. The first-order chi connectivity index (χ1) is 15.2. The van der Waals surface area contributed by atoms with Crippen molar-refractivity contribution in [1.29, 1.82) is 0 Å². The van der Waals surface area contributed by atoms with Crippen molar-refractivity contribution in [3.63, 3.8) is 0 Å². The van der Waals surface area contributed by atoms with Crippen molar-refractivity contribution in [3.05, 3.63) is 48.4 Å². The smallest absolute Gasteiger partial charge is 0.234 e. The number of furan rings is 1. The number of thioether (sulfide) groups is 1. The van der Waals surface area contributed by atoms with Crippen LogP contribution in [0.4, 0.5) is 0 Å². The molecule has 1 atom stereocenters. The molecule has 172 valence electrons. The van der Waals surface area contributed by atoms with Crippen LogP contribution in [0.1, 0.15) is 46.8 Å². The van der Waals surface area contributed by atoms with Crippen molar-refractivity contribution in [2.75, 3.05) is 7.11 Å². The maximum atomic E-state index is 13.1. The number of aromatic nitrogens is 3. The summed E-state index contributed by atoms with van der Waals surface area (Å²) in [6, 6.07) is 11.5. The first kappa shape index (κ1) is 23.9. The van der Waals surface area contributed by atoms with E-state index in [0.717, 1.165) is 23.5 Å². The Kier molecular flexibility index (Phi) is 7.66. The molecular weight excluding hydrogens is 424 g/mol. The van der Waals surface area contributed by atoms with E-state index in [1.54, 1.807) is 13.4 Å². The zero-order chi connectivity index (χ0) is 23.3. The molecule has 0 aliphatic rings. The van der Waals surface area contributed by atoms with Crippen LogP contribution in [0.3, 0.4) is 0 Å². The lowest BCUT2D eigenvalue weighted by Gasteiger charge is -2.28. The summed E-state index contributed by atoms with van der Waals surface area (Å²) in [5, 5.41) is 12.5. The van der Waals surface area contributed by atoms with Gasteiger partial charge in [-0.05, 0) is 50.5 Å². The highest BCUT2D eigenvalue weighted by Crippen LogP contribution is 2.32. The molecule has 1 N–H and O–H groups in total. The van der Waals surface area contributed by atoms with Gasteiger partial charge in [0.1, 0.15) is 11.5 Å². The average molecular weight is 457 g/mol. The van der Waals surface area contributed by atoms with E-state index in [-0.39, 0.29) is 22.6 Å². The zero-order valence-corrected chi connectivity index (χ0v) is 20.4. The summed E-state index contributed by atoms with van der Waals surface area (Å²) in [7, 11) is 1.64. The Labute approximate surface area is 193 Å². The SMILES string of the molecule is CCC(C)(C)NC(=O)C(Sc1nnc(-c2cccc(OC)c2)n1Cc1ccco1)C(C)C. The minimum atomic E-state index is -0.307. The third-order valence-corrected chi connectivity index (χ3v) is 6.91. The molecule has 1 aromatic carbocycles. The molecule has 0 saturated carbocycles. The van der Waals surface area contributed by atoms with Gasteiger partial charge in [-0.2, -0.15) is 0 Å². The maximum Gasteiger partial charge on any atom is 0.234 e. The van der Waals surface area contributed by atoms with E-state index >= 15 is 0 Å². The summed E-state index contributed by atoms with van der Waals surface area (Å²) < 4.78 is 13.0. The summed E-state index contributed by atoms with van der Waals surface area (Å²) in [5.41, 5.74) is 0.617. The van der Waals surface area contributed by atoms with Gasteiger partial charge in [-0.25, -0.2) is 0 Å². The number of nitrogens with zero attached hydrogens (tertiary/aromatic N) is 3. The summed E-state index contributed by atoms with van der Waals surface area (Å²) >= 11 is 1.43. The first-order valence-electron chi connectivity index (χ1n) is 10.8. The van der Waals surface area contributed by atoms with Crippen LogP contribution < -0.4 is 10.1 Å². The number of methoxy groups -OCH3 is 1. The second kappa shape index (κ2) is 10.3. The number of nitrogens with one attached hydrogen (secondary N) is 1. The minimum absolute atomic E-state index is 0.00679. The van der Waals surface area contributed by atoms with E-state index in [1.165, 1.54) is 11.8 Å². The van der Waals surface area contributed by atoms with E-state index in [9.17, 15) is 4.79 Å². The van der Waals surface area contributed by atoms with E-state index < -0.39 is 0 Å². The topological polar surface area (TPSA) is 82.2 Å². The number of rotatable bonds is 10. The van der Waals surface area contributed by atoms with Gasteiger partial charge in [0, 0.05) is 11.1 Å². The molecule has 2 heterocycles. The van der Waals surface area contributed by atoms with Crippen LogP contribution >= 0.6 is 11.8 Å². The van der Waals surface area contributed by atoms with Crippen LogP contribution in [0.25, 0.3) is 11.4 Å². The number of hydrogen-bond acceptors (Lipinski definition) is 6. The minimum Gasteiger partial charge on any atom is -0.497 e. The van der Waals surface area contributed by atoms with Gasteiger partial charge in [0.15, 0.2) is 11.0 Å². The zero-order valence-electron chi connectivity index (χ0n) is 19.6. The van der Waals surface area contributed by atoms with Crippen molar-refractivity contribution in [3.8, 4) is 17.1 Å². The van der Waals surface area contributed by atoms with Crippen LogP contribution in [0.5, 0.6) is 5.75 Å². The molecule has 0 fully saturated rings. The number of carbonyl (C=O) groups is 1. The Bertz CT molecular complexity index is 1030. The fourth-order valence-electron chi connectivity index (χ4n) is 3.15. The second-order valence-corrected chi connectivity index (χ2v) is 9.82. The quantitative estimate of drug-likeness (QED) is 0.432. The van der Waals surface area contributed by atoms with Crippen LogP contribution in [0.15, 0.2) is 52.2 Å². The van der Waals surface area contributed by atoms with Crippen LogP contribution in [-0.4, -0.2) is 38.6 Å². The number of carbonyl (C=O) groups excluding carboxylic acids is 1. The van der Waals surface area contributed by atoms with Crippen molar-refractivity contribution in [2.24, 2.45) is 5.92 Å². The molecule has 3 aromatic rings. The predicted molar refractivity (Wildman–Crippen MR) is 127 cm³/mol. The van der Waals surface area contributed by atoms with Gasteiger partial charge < -0.3 is 14.5 Å². The van der Waals surface area contributed by atoms with E-state index in [1.807, 2.05) is 68.7 Å². The largest absolute Gasteiger partial charge is 0.497 e. The Morgan fingerprint density at radius 2 is 2.03 bits per heavy atom. The highest BCUT2D eigenvalue weighted by atomic mass is 32.2.